The van der Waals surface area contributed by atoms with E-state index in [1.165, 1.54) is 0 Å². The topological polar surface area (TPSA) is 74.3 Å². The summed E-state index contributed by atoms with van der Waals surface area (Å²) in [6.45, 7) is 1.77. The van der Waals surface area contributed by atoms with Gasteiger partial charge in [-0.1, -0.05) is 0 Å². The van der Waals surface area contributed by atoms with E-state index >= 15 is 0 Å². The summed E-state index contributed by atoms with van der Waals surface area (Å²) in [5.74, 6) is 5.59. The number of aromatic nitrogens is 2. The molecule has 2 heterocycles. The second kappa shape index (κ2) is 5.24. The molecule has 1 aromatic heterocycles. The molecule has 1 aromatic rings. The Hall–Kier alpha value is -0.470. The molecule has 2 atom stereocenters. The van der Waals surface area contributed by atoms with Gasteiger partial charge in [0.25, 0.3) is 0 Å². The monoisotopic (exact) mass is 290 g/mol. The zero-order valence-corrected chi connectivity index (χ0v) is 10.6. The molecule has 1 fully saturated rings. The minimum atomic E-state index is -0.137. The first-order chi connectivity index (χ1) is 7.74. The molecule has 6 nitrogen and oxygen atoms in total. The second-order valence-corrected chi connectivity index (χ2v) is 4.48. The number of nitrogens with two attached hydrogens (primary N) is 1. The van der Waals surface area contributed by atoms with Gasteiger partial charge in [-0.2, -0.15) is 5.10 Å². The summed E-state index contributed by atoms with van der Waals surface area (Å²) in [6.07, 6.45) is 1.65. The van der Waals surface area contributed by atoms with Gasteiger partial charge in [-0.3, -0.25) is 10.5 Å². The van der Waals surface area contributed by atoms with E-state index in [9.17, 15) is 0 Å². The average molecular weight is 291 g/mol. The predicted octanol–water partition coefficient (Wildman–Crippen LogP) is 0.102. The summed E-state index contributed by atoms with van der Waals surface area (Å²) in [5, 5.41) is 4.16. The van der Waals surface area contributed by atoms with Gasteiger partial charge in [-0.25, -0.2) is 5.43 Å². The van der Waals surface area contributed by atoms with Gasteiger partial charge < -0.3 is 9.47 Å². The Labute approximate surface area is 102 Å². The molecule has 0 spiro atoms. The highest BCUT2D eigenvalue weighted by molar-refractivity contribution is 9.10. The van der Waals surface area contributed by atoms with Gasteiger partial charge in [0.2, 0.25) is 0 Å². The summed E-state index contributed by atoms with van der Waals surface area (Å²) >= 11 is 3.45. The summed E-state index contributed by atoms with van der Waals surface area (Å²) < 4.78 is 13.7. The van der Waals surface area contributed by atoms with Gasteiger partial charge in [-0.15, -0.1) is 0 Å². The first-order valence-electron chi connectivity index (χ1n) is 5.07. The van der Waals surface area contributed by atoms with Crippen LogP contribution in [0.4, 0.5) is 0 Å². The van der Waals surface area contributed by atoms with Crippen molar-refractivity contribution in [2.24, 2.45) is 12.9 Å². The van der Waals surface area contributed by atoms with Crippen molar-refractivity contribution >= 4 is 15.9 Å². The molecular formula is C9H15BrN4O2. The summed E-state index contributed by atoms with van der Waals surface area (Å²) in [4.78, 5) is 0. The predicted molar refractivity (Wildman–Crippen MR) is 61.5 cm³/mol. The van der Waals surface area contributed by atoms with E-state index in [0.29, 0.717) is 19.8 Å². The van der Waals surface area contributed by atoms with Crippen molar-refractivity contribution in [1.82, 2.24) is 15.2 Å². The van der Waals surface area contributed by atoms with E-state index in [1.807, 2.05) is 7.05 Å². The van der Waals surface area contributed by atoms with E-state index < -0.39 is 0 Å². The average Bonchev–Trinajstić information content (AvgIpc) is 2.63. The number of hydrazine groups is 1. The van der Waals surface area contributed by atoms with Crippen molar-refractivity contribution in [1.29, 1.82) is 0 Å². The Kier molecular flexibility index (Phi) is 3.93. The molecule has 3 N–H and O–H groups in total. The molecule has 1 aliphatic rings. The van der Waals surface area contributed by atoms with E-state index in [1.54, 1.807) is 10.9 Å². The lowest BCUT2D eigenvalue weighted by Crippen LogP contribution is -2.44. The van der Waals surface area contributed by atoms with Crippen molar-refractivity contribution in [2.75, 3.05) is 19.8 Å². The minimum Gasteiger partial charge on any atom is -0.376 e. The van der Waals surface area contributed by atoms with E-state index in [-0.39, 0.29) is 12.1 Å². The van der Waals surface area contributed by atoms with Gasteiger partial charge in [0.15, 0.2) is 0 Å². The zero-order valence-electron chi connectivity index (χ0n) is 9.02. The highest BCUT2D eigenvalue weighted by Crippen LogP contribution is 2.26. The third-order valence-corrected chi connectivity index (χ3v) is 3.24. The Balaban J connectivity index is 2.21. The molecule has 16 heavy (non-hydrogen) atoms. The summed E-state index contributed by atoms with van der Waals surface area (Å²) in [7, 11) is 1.87. The van der Waals surface area contributed by atoms with E-state index in [4.69, 9.17) is 15.3 Å². The zero-order chi connectivity index (χ0) is 11.5. The van der Waals surface area contributed by atoms with E-state index in [0.717, 1.165) is 10.2 Å². The van der Waals surface area contributed by atoms with Gasteiger partial charge in [0, 0.05) is 7.05 Å². The molecule has 0 amide bonds. The van der Waals surface area contributed by atoms with Crippen LogP contribution >= 0.6 is 15.9 Å². The molecule has 1 aliphatic heterocycles. The molecule has 2 unspecified atom stereocenters. The number of nitrogens with zero attached hydrogens (tertiary/aromatic N) is 2. The fourth-order valence-electron chi connectivity index (χ4n) is 1.83. The Bertz CT molecular complexity index is 332. The number of rotatable bonds is 3. The Morgan fingerprint density at radius 2 is 2.50 bits per heavy atom. The van der Waals surface area contributed by atoms with Crippen molar-refractivity contribution in [3.63, 3.8) is 0 Å². The smallest absolute Gasteiger partial charge is 0.103 e. The number of halogens is 1. The standard InChI is InChI=1S/C9H15BrN4O2/c1-14-9(6(10)4-12-14)8(13-11)7-5-15-2-3-16-7/h4,7-8,13H,2-3,5,11H2,1H3. The lowest BCUT2D eigenvalue weighted by molar-refractivity contribution is -0.103. The van der Waals surface area contributed by atoms with Crippen molar-refractivity contribution in [3.05, 3.63) is 16.4 Å². The molecule has 0 radical (unpaired) electrons. The number of nitrogens with one attached hydrogen (secondary N) is 1. The van der Waals surface area contributed by atoms with Gasteiger partial charge in [0.05, 0.1) is 42.2 Å². The van der Waals surface area contributed by atoms with Crippen LogP contribution in [0.1, 0.15) is 11.7 Å². The molecule has 1 saturated heterocycles. The van der Waals surface area contributed by atoms with Crippen LogP contribution in [0, 0.1) is 0 Å². The van der Waals surface area contributed by atoms with Crippen LogP contribution in [-0.2, 0) is 16.5 Å². The first-order valence-corrected chi connectivity index (χ1v) is 5.86. The van der Waals surface area contributed by atoms with Gasteiger partial charge in [-0.05, 0) is 15.9 Å². The lowest BCUT2D eigenvalue weighted by Gasteiger charge is -2.30. The molecule has 7 heteroatoms. The number of hydrogen-bond donors (Lipinski definition) is 2. The largest absolute Gasteiger partial charge is 0.376 e. The molecule has 0 aliphatic carbocycles. The van der Waals surface area contributed by atoms with Crippen LogP contribution in [-0.4, -0.2) is 35.7 Å². The fourth-order valence-corrected chi connectivity index (χ4v) is 2.43. The maximum atomic E-state index is 5.64. The van der Waals surface area contributed by atoms with Crippen molar-refractivity contribution in [2.45, 2.75) is 12.1 Å². The lowest BCUT2D eigenvalue weighted by atomic mass is 10.1. The van der Waals surface area contributed by atoms with Crippen LogP contribution in [0.15, 0.2) is 10.7 Å². The maximum absolute atomic E-state index is 5.64. The van der Waals surface area contributed by atoms with E-state index in [2.05, 4.69) is 26.5 Å². The highest BCUT2D eigenvalue weighted by Gasteiger charge is 2.29. The SMILES string of the molecule is Cn1ncc(Br)c1C(NN)C1COCCO1. The summed E-state index contributed by atoms with van der Waals surface area (Å²) in [5.41, 5.74) is 3.72. The molecule has 0 bridgehead atoms. The Morgan fingerprint density at radius 3 is 3.00 bits per heavy atom. The van der Waals surface area contributed by atoms with Crippen LogP contribution < -0.4 is 11.3 Å². The summed E-state index contributed by atoms with van der Waals surface area (Å²) in [6, 6.07) is -0.137. The van der Waals surface area contributed by atoms with Crippen LogP contribution in [0.3, 0.4) is 0 Å². The molecule has 2 rings (SSSR count). The third-order valence-electron chi connectivity index (χ3n) is 2.63. The minimum absolute atomic E-state index is 0.0922. The van der Waals surface area contributed by atoms with Crippen LogP contribution in [0.2, 0.25) is 0 Å². The number of aryl methyl sites for hydroxylation is 1. The van der Waals surface area contributed by atoms with Gasteiger partial charge in [0.1, 0.15) is 6.10 Å². The van der Waals surface area contributed by atoms with Crippen molar-refractivity contribution in [3.8, 4) is 0 Å². The maximum Gasteiger partial charge on any atom is 0.103 e. The van der Waals surface area contributed by atoms with Crippen molar-refractivity contribution < 1.29 is 9.47 Å². The normalized spacial score (nSPS) is 23.3. The molecule has 0 saturated carbocycles. The molecular weight excluding hydrogens is 276 g/mol. The Morgan fingerprint density at radius 1 is 1.69 bits per heavy atom. The first kappa shape index (κ1) is 12.0. The van der Waals surface area contributed by atoms with Gasteiger partial charge >= 0.3 is 0 Å². The third kappa shape index (κ3) is 2.28. The molecule has 90 valence electrons. The molecule has 0 aromatic carbocycles. The quantitative estimate of drug-likeness (QED) is 0.610. The fraction of sp³-hybridized carbons (Fsp3) is 0.667. The second-order valence-electron chi connectivity index (χ2n) is 3.63. The number of ether oxygens (including phenoxy) is 2. The van der Waals surface area contributed by atoms with Crippen LogP contribution in [0.5, 0.6) is 0 Å². The number of hydrogen-bond acceptors (Lipinski definition) is 5. The van der Waals surface area contributed by atoms with Crippen LogP contribution in [0.25, 0.3) is 0 Å². The highest BCUT2D eigenvalue weighted by atomic mass is 79.9.